The Labute approximate surface area is 126 Å². The Hall–Kier alpha value is -1.40. The van der Waals surface area contributed by atoms with Crippen molar-refractivity contribution in [3.63, 3.8) is 0 Å². The topological polar surface area (TPSA) is 63.7 Å². The van der Waals surface area contributed by atoms with Gasteiger partial charge >= 0.3 is 0 Å². The van der Waals surface area contributed by atoms with E-state index in [9.17, 15) is 13.2 Å². The number of carbonyl (C=O) groups excluding carboxylic acids is 1. The number of amides is 1. The van der Waals surface area contributed by atoms with E-state index in [2.05, 4.69) is 0 Å². The lowest BCUT2D eigenvalue weighted by atomic mass is 9.91. The molecule has 0 aliphatic carbocycles. The molecule has 1 fully saturated rings. The fourth-order valence-electron chi connectivity index (χ4n) is 2.54. The number of benzene rings is 1. The molecular weight excluding hydrogens is 290 g/mol. The van der Waals surface area contributed by atoms with Crippen molar-refractivity contribution in [3.8, 4) is 0 Å². The van der Waals surface area contributed by atoms with Crippen LogP contribution in [-0.4, -0.2) is 31.5 Å². The monoisotopic (exact) mass is 311 g/mol. The molecule has 0 bridgehead atoms. The van der Waals surface area contributed by atoms with Gasteiger partial charge in [0.15, 0.2) is 6.23 Å². The van der Waals surface area contributed by atoms with Crippen LogP contribution in [0.5, 0.6) is 0 Å². The molecule has 0 aromatic heterocycles. The van der Waals surface area contributed by atoms with Crippen LogP contribution in [-0.2, 0) is 19.6 Å². The average molecular weight is 311 g/mol. The summed E-state index contributed by atoms with van der Waals surface area (Å²) in [7, 11) is -3.89. The maximum Gasteiger partial charge on any atom is 0.268 e. The molecule has 1 aromatic carbocycles. The molecule has 0 saturated carbocycles. The minimum absolute atomic E-state index is 0.115. The highest BCUT2D eigenvalue weighted by Crippen LogP contribution is 2.40. The Kier molecular flexibility index (Phi) is 4.13. The first-order valence-electron chi connectivity index (χ1n) is 6.95. The number of hydrogen-bond donors (Lipinski definition) is 0. The molecule has 1 aromatic rings. The molecule has 1 atom stereocenters. The van der Waals surface area contributed by atoms with Gasteiger partial charge in [-0.3, -0.25) is 4.79 Å². The maximum absolute atomic E-state index is 12.8. The first-order valence-corrected chi connectivity index (χ1v) is 8.39. The predicted octanol–water partition coefficient (Wildman–Crippen LogP) is 2.30. The van der Waals surface area contributed by atoms with Crippen molar-refractivity contribution in [2.24, 2.45) is 5.41 Å². The second-order valence-electron chi connectivity index (χ2n) is 5.98. The Morgan fingerprint density at radius 1 is 1.29 bits per heavy atom. The fourth-order valence-corrected chi connectivity index (χ4v) is 4.18. The van der Waals surface area contributed by atoms with Gasteiger partial charge in [-0.15, -0.1) is 0 Å². The van der Waals surface area contributed by atoms with E-state index in [1.165, 1.54) is 12.1 Å². The number of rotatable bonds is 4. The van der Waals surface area contributed by atoms with Crippen LogP contribution in [0.3, 0.4) is 0 Å². The number of nitrogens with zero attached hydrogens (tertiary/aromatic N) is 1. The van der Waals surface area contributed by atoms with Crippen LogP contribution in [0.2, 0.25) is 0 Å². The molecule has 5 nitrogen and oxygen atoms in total. The minimum Gasteiger partial charge on any atom is -0.357 e. The van der Waals surface area contributed by atoms with Crippen molar-refractivity contribution in [2.75, 3.05) is 6.61 Å². The SMILES string of the molecule is CCOC1N(S(=O)(=O)c2ccc(C)cc2)C(=O)CC1(C)C. The van der Waals surface area contributed by atoms with Gasteiger partial charge in [-0.25, -0.2) is 12.7 Å². The Morgan fingerprint density at radius 3 is 2.38 bits per heavy atom. The zero-order valence-electron chi connectivity index (χ0n) is 12.8. The number of aryl methyl sites for hydroxylation is 1. The van der Waals surface area contributed by atoms with E-state index in [1.54, 1.807) is 19.1 Å². The van der Waals surface area contributed by atoms with Gasteiger partial charge in [0.05, 0.1) is 4.90 Å². The molecule has 1 aliphatic rings. The summed E-state index contributed by atoms with van der Waals surface area (Å²) in [6, 6.07) is 6.47. The first-order chi connectivity index (χ1) is 9.70. The normalized spacial score (nSPS) is 21.8. The molecular formula is C15H21NO4S. The van der Waals surface area contributed by atoms with Gasteiger partial charge in [0, 0.05) is 18.4 Å². The third kappa shape index (κ3) is 2.82. The summed E-state index contributed by atoms with van der Waals surface area (Å²) in [5.74, 6) is -0.418. The predicted molar refractivity (Wildman–Crippen MR) is 79.0 cm³/mol. The summed E-state index contributed by atoms with van der Waals surface area (Å²) in [6.07, 6.45) is -0.607. The van der Waals surface area contributed by atoms with E-state index >= 15 is 0 Å². The molecule has 1 unspecified atom stereocenters. The molecule has 1 saturated heterocycles. The van der Waals surface area contributed by atoms with Gasteiger partial charge in [0.2, 0.25) is 5.91 Å². The summed E-state index contributed by atoms with van der Waals surface area (Å²) in [5, 5.41) is 0. The molecule has 1 heterocycles. The Morgan fingerprint density at radius 2 is 1.86 bits per heavy atom. The van der Waals surface area contributed by atoms with Crippen LogP contribution in [0, 0.1) is 12.3 Å². The third-order valence-electron chi connectivity index (χ3n) is 3.64. The molecule has 2 rings (SSSR count). The van der Waals surface area contributed by atoms with Gasteiger partial charge in [-0.1, -0.05) is 31.5 Å². The van der Waals surface area contributed by atoms with Crippen molar-refractivity contribution < 1.29 is 17.9 Å². The van der Waals surface area contributed by atoms with E-state index < -0.39 is 27.6 Å². The molecule has 0 N–H and O–H groups in total. The number of ether oxygens (including phenoxy) is 1. The summed E-state index contributed by atoms with van der Waals surface area (Å²) >= 11 is 0. The minimum atomic E-state index is -3.89. The third-order valence-corrected chi connectivity index (χ3v) is 5.42. The maximum atomic E-state index is 12.8. The van der Waals surface area contributed by atoms with Crippen LogP contribution in [0.25, 0.3) is 0 Å². The van der Waals surface area contributed by atoms with Gasteiger partial charge < -0.3 is 4.74 Å². The standard InChI is InChI=1S/C15H21NO4S/c1-5-20-14-15(3,4)10-13(17)16(14)21(18,19)12-8-6-11(2)7-9-12/h6-9,14H,5,10H2,1-4H3. The smallest absolute Gasteiger partial charge is 0.268 e. The highest BCUT2D eigenvalue weighted by molar-refractivity contribution is 7.89. The summed E-state index contributed by atoms with van der Waals surface area (Å²) in [5.41, 5.74) is 0.425. The van der Waals surface area contributed by atoms with Gasteiger partial charge in [-0.2, -0.15) is 0 Å². The summed E-state index contributed by atoms with van der Waals surface area (Å²) in [4.78, 5) is 12.3. The van der Waals surface area contributed by atoms with Crippen LogP contribution in [0.4, 0.5) is 0 Å². The lowest BCUT2D eigenvalue weighted by Crippen LogP contribution is -2.44. The van der Waals surface area contributed by atoms with E-state index in [4.69, 9.17) is 4.74 Å². The van der Waals surface area contributed by atoms with Crippen molar-refractivity contribution in [1.82, 2.24) is 4.31 Å². The number of carbonyl (C=O) groups is 1. The quantitative estimate of drug-likeness (QED) is 0.856. The van der Waals surface area contributed by atoms with Gasteiger partial charge in [0.1, 0.15) is 0 Å². The molecule has 1 aliphatic heterocycles. The molecule has 0 radical (unpaired) electrons. The lowest BCUT2D eigenvalue weighted by Gasteiger charge is -2.31. The number of hydrogen-bond acceptors (Lipinski definition) is 4. The van der Waals surface area contributed by atoms with Crippen molar-refractivity contribution in [3.05, 3.63) is 29.8 Å². The summed E-state index contributed by atoms with van der Waals surface area (Å²) in [6.45, 7) is 7.70. The van der Waals surface area contributed by atoms with E-state index in [0.29, 0.717) is 6.61 Å². The van der Waals surface area contributed by atoms with Gasteiger partial charge in [0.25, 0.3) is 10.0 Å². The van der Waals surface area contributed by atoms with Crippen LogP contribution in [0.1, 0.15) is 32.8 Å². The van der Waals surface area contributed by atoms with E-state index in [0.717, 1.165) is 9.87 Å². The van der Waals surface area contributed by atoms with Crippen molar-refractivity contribution in [2.45, 2.75) is 45.2 Å². The first kappa shape index (κ1) is 16.0. The molecule has 21 heavy (non-hydrogen) atoms. The zero-order valence-corrected chi connectivity index (χ0v) is 13.6. The Balaban J connectivity index is 2.46. The highest BCUT2D eigenvalue weighted by atomic mass is 32.2. The van der Waals surface area contributed by atoms with Crippen LogP contribution < -0.4 is 0 Å². The average Bonchev–Trinajstić information content (AvgIpc) is 2.60. The van der Waals surface area contributed by atoms with Crippen LogP contribution >= 0.6 is 0 Å². The van der Waals surface area contributed by atoms with Gasteiger partial charge in [-0.05, 0) is 26.0 Å². The van der Waals surface area contributed by atoms with Crippen molar-refractivity contribution >= 4 is 15.9 Å². The number of sulfonamides is 1. The molecule has 116 valence electrons. The van der Waals surface area contributed by atoms with E-state index in [1.807, 2.05) is 20.8 Å². The van der Waals surface area contributed by atoms with Crippen LogP contribution in [0.15, 0.2) is 29.2 Å². The van der Waals surface area contributed by atoms with Crippen molar-refractivity contribution in [1.29, 1.82) is 0 Å². The molecule has 6 heteroatoms. The second kappa shape index (κ2) is 5.42. The fraction of sp³-hybridized carbons (Fsp3) is 0.533. The molecule has 1 amide bonds. The van der Waals surface area contributed by atoms with E-state index in [-0.39, 0.29) is 11.3 Å². The zero-order chi connectivity index (χ0) is 15.8. The largest absolute Gasteiger partial charge is 0.357 e. The lowest BCUT2D eigenvalue weighted by molar-refractivity contribution is -0.128. The summed E-state index contributed by atoms with van der Waals surface area (Å²) < 4.78 is 32.0. The molecule has 0 spiro atoms. The second-order valence-corrected chi connectivity index (χ2v) is 7.80. The highest BCUT2D eigenvalue weighted by Gasteiger charge is 2.51. The Bertz CT molecular complexity index is 634.